The van der Waals surface area contributed by atoms with Gasteiger partial charge in [-0.25, -0.2) is 0 Å². The topological polar surface area (TPSA) is 88.1 Å². The number of likely N-dealkylation sites (N-methyl/N-ethyl adjacent to an activating group) is 1. The maximum atomic E-state index is 12.4. The molecule has 0 saturated carbocycles. The first-order chi connectivity index (χ1) is 10.9. The quantitative estimate of drug-likeness (QED) is 0.486. The zero-order valence-corrected chi connectivity index (χ0v) is 13.7. The van der Waals surface area contributed by atoms with Crippen LogP contribution < -0.4 is 14.8 Å². The van der Waals surface area contributed by atoms with Crippen LogP contribution in [0, 0.1) is 0 Å². The van der Waals surface area contributed by atoms with Gasteiger partial charge in [0.2, 0.25) is 5.75 Å². The number of hydrogen-bond acceptors (Lipinski definition) is 6. The molecule has 1 aliphatic rings. The molecule has 0 aliphatic carbocycles. The van der Waals surface area contributed by atoms with Gasteiger partial charge in [-0.2, -0.15) is 0 Å². The molecule has 23 heavy (non-hydrogen) atoms. The van der Waals surface area contributed by atoms with Crippen molar-refractivity contribution in [2.24, 2.45) is 0 Å². The van der Waals surface area contributed by atoms with Crippen LogP contribution in [0.5, 0.6) is 17.2 Å². The minimum absolute atomic E-state index is 0.0600. The normalized spacial score (nSPS) is 16.6. The maximum Gasteiger partial charge on any atom is 0.265 e. The maximum absolute atomic E-state index is 12.4. The van der Waals surface area contributed by atoms with Gasteiger partial charge in [-0.15, -0.1) is 0 Å². The largest absolute Gasteiger partial charge is 0.502 e. The summed E-state index contributed by atoms with van der Waals surface area (Å²) in [7, 11) is 2.78. The molecule has 1 aromatic carbocycles. The van der Waals surface area contributed by atoms with Crippen LogP contribution in [0.4, 0.5) is 0 Å². The Balaban J connectivity index is 2.50. The van der Waals surface area contributed by atoms with Crippen LogP contribution in [0.1, 0.15) is 12.5 Å². The molecule has 122 valence electrons. The van der Waals surface area contributed by atoms with E-state index in [1.165, 1.54) is 37.3 Å². The standard InChI is InChI=1S/C15H16N2O5S/c1-4-17-14(20)9(13(19)16-15(17)23)5-8-6-10(21-2)12(18)11(7-8)22-3/h5-7,18H,4H2,1-3H3,(H,16,19,23). The summed E-state index contributed by atoms with van der Waals surface area (Å²) >= 11 is 4.97. The van der Waals surface area contributed by atoms with Crippen LogP contribution in [0.15, 0.2) is 17.7 Å². The van der Waals surface area contributed by atoms with Crippen molar-refractivity contribution in [1.29, 1.82) is 0 Å². The Morgan fingerprint density at radius 1 is 1.26 bits per heavy atom. The first kappa shape index (κ1) is 16.8. The minimum Gasteiger partial charge on any atom is -0.502 e. The average molecular weight is 336 g/mol. The zero-order chi connectivity index (χ0) is 17.1. The highest BCUT2D eigenvalue weighted by molar-refractivity contribution is 7.80. The van der Waals surface area contributed by atoms with E-state index in [2.05, 4.69) is 5.32 Å². The Morgan fingerprint density at radius 2 is 1.83 bits per heavy atom. The van der Waals surface area contributed by atoms with Crippen molar-refractivity contribution in [3.8, 4) is 17.2 Å². The van der Waals surface area contributed by atoms with E-state index in [1.54, 1.807) is 6.92 Å². The SMILES string of the molecule is CCN1C(=O)C(=Cc2cc(OC)c(O)c(OC)c2)C(=O)NC1=S. The monoisotopic (exact) mass is 336 g/mol. The summed E-state index contributed by atoms with van der Waals surface area (Å²) in [5.74, 6) is -0.874. The molecule has 1 heterocycles. The van der Waals surface area contributed by atoms with E-state index in [4.69, 9.17) is 21.7 Å². The Morgan fingerprint density at radius 3 is 2.30 bits per heavy atom. The molecule has 2 amide bonds. The summed E-state index contributed by atoms with van der Waals surface area (Å²) in [6.45, 7) is 2.10. The van der Waals surface area contributed by atoms with Gasteiger partial charge in [0.05, 0.1) is 14.2 Å². The first-order valence-electron chi connectivity index (χ1n) is 6.76. The predicted octanol–water partition coefficient (Wildman–Crippen LogP) is 1.06. The summed E-state index contributed by atoms with van der Waals surface area (Å²) in [6, 6.07) is 2.99. The Labute approximate surface area is 138 Å². The van der Waals surface area contributed by atoms with Crippen molar-refractivity contribution in [3.05, 3.63) is 23.3 Å². The lowest BCUT2D eigenvalue weighted by Gasteiger charge is -2.27. The van der Waals surface area contributed by atoms with Crippen molar-refractivity contribution in [3.63, 3.8) is 0 Å². The molecule has 8 heteroatoms. The molecular formula is C15H16N2O5S. The molecule has 1 saturated heterocycles. The number of ether oxygens (including phenoxy) is 2. The zero-order valence-electron chi connectivity index (χ0n) is 12.9. The van der Waals surface area contributed by atoms with E-state index in [0.29, 0.717) is 12.1 Å². The number of nitrogens with zero attached hydrogens (tertiary/aromatic N) is 1. The number of hydrogen-bond donors (Lipinski definition) is 2. The number of methoxy groups -OCH3 is 2. The molecule has 1 fully saturated rings. The lowest BCUT2D eigenvalue weighted by Crippen LogP contribution is -2.53. The third-order valence-electron chi connectivity index (χ3n) is 3.32. The molecular weight excluding hydrogens is 320 g/mol. The first-order valence-corrected chi connectivity index (χ1v) is 7.17. The van der Waals surface area contributed by atoms with Gasteiger partial charge in [0.1, 0.15) is 5.57 Å². The average Bonchev–Trinajstić information content (AvgIpc) is 2.52. The molecule has 0 radical (unpaired) electrons. The van der Waals surface area contributed by atoms with Crippen molar-refractivity contribution < 1.29 is 24.2 Å². The van der Waals surface area contributed by atoms with Crippen LogP contribution in [0.25, 0.3) is 6.08 Å². The number of aromatic hydroxyl groups is 1. The van der Waals surface area contributed by atoms with E-state index in [9.17, 15) is 14.7 Å². The van der Waals surface area contributed by atoms with Gasteiger partial charge >= 0.3 is 0 Å². The fourth-order valence-electron chi connectivity index (χ4n) is 2.14. The number of nitrogens with one attached hydrogen (secondary N) is 1. The van der Waals surface area contributed by atoms with E-state index < -0.39 is 11.8 Å². The van der Waals surface area contributed by atoms with Crippen molar-refractivity contribution in [2.45, 2.75) is 6.92 Å². The van der Waals surface area contributed by atoms with Gasteiger partial charge in [-0.05, 0) is 42.9 Å². The fraction of sp³-hybridized carbons (Fsp3) is 0.267. The molecule has 2 N–H and O–H groups in total. The fourth-order valence-corrected chi connectivity index (χ4v) is 2.45. The highest BCUT2D eigenvalue weighted by Crippen LogP contribution is 2.37. The lowest BCUT2D eigenvalue weighted by atomic mass is 10.1. The predicted molar refractivity (Wildman–Crippen MR) is 87.3 cm³/mol. The van der Waals surface area contributed by atoms with Crippen LogP contribution in [0.2, 0.25) is 0 Å². The third kappa shape index (κ3) is 3.11. The van der Waals surface area contributed by atoms with E-state index >= 15 is 0 Å². The molecule has 0 unspecified atom stereocenters. The second-order valence-corrected chi connectivity index (χ2v) is 5.03. The summed E-state index contributed by atoms with van der Waals surface area (Å²) in [4.78, 5) is 25.7. The molecule has 0 atom stereocenters. The van der Waals surface area contributed by atoms with Crippen molar-refractivity contribution >= 4 is 35.2 Å². The van der Waals surface area contributed by atoms with E-state index in [0.717, 1.165) is 0 Å². The molecule has 7 nitrogen and oxygen atoms in total. The van der Waals surface area contributed by atoms with Crippen molar-refractivity contribution in [2.75, 3.05) is 20.8 Å². The summed E-state index contributed by atoms with van der Waals surface area (Å²) in [5.41, 5.74) is 0.411. The third-order valence-corrected chi connectivity index (χ3v) is 3.64. The van der Waals surface area contributed by atoms with E-state index in [-0.39, 0.29) is 27.9 Å². The van der Waals surface area contributed by atoms with E-state index in [1.807, 2.05) is 0 Å². The highest BCUT2D eigenvalue weighted by atomic mass is 32.1. The van der Waals surface area contributed by atoms with Crippen molar-refractivity contribution in [1.82, 2.24) is 10.2 Å². The van der Waals surface area contributed by atoms with Crippen LogP contribution in [-0.4, -0.2) is 47.7 Å². The molecule has 2 rings (SSSR count). The van der Waals surface area contributed by atoms with Gasteiger partial charge in [-0.1, -0.05) is 0 Å². The van der Waals surface area contributed by atoms with Crippen LogP contribution in [0.3, 0.4) is 0 Å². The summed E-state index contributed by atoms with van der Waals surface area (Å²) < 4.78 is 10.1. The van der Waals surface area contributed by atoms with Gasteiger partial charge in [-0.3, -0.25) is 19.8 Å². The second kappa shape index (κ2) is 6.66. The van der Waals surface area contributed by atoms with Gasteiger partial charge in [0.25, 0.3) is 11.8 Å². The number of carbonyl (C=O) groups is 2. The Hall–Kier alpha value is -2.61. The number of thiocarbonyl (C=S) groups is 1. The van der Waals surface area contributed by atoms with Crippen LogP contribution in [-0.2, 0) is 9.59 Å². The number of phenolic OH excluding ortho intramolecular Hbond substituents is 1. The Bertz CT molecular complexity index is 689. The molecule has 1 aromatic rings. The van der Waals surface area contributed by atoms with Crippen LogP contribution >= 0.6 is 12.2 Å². The summed E-state index contributed by atoms with van der Waals surface area (Å²) in [6.07, 6.45) is 1.40. The minimum atomic E-state index is -0.573. The molecule has 1 aliphatic heterocycles. The van der Waals surface area contributed by atoms with Gasteiger partial charge in [0, 0.05) is 6.54 Å². The van der Waals surface area contributed by atoms with Gasteiger partial charge in [0.15, 0.2) is 16.6 Å². The smallest absolute Gasteiger partial charge is 0.265 e. The molecule has 0 aromatic heterocycles. The number of carbonyl (C=O) groups excluding carboxylic acids is 2. The number of benzene rings is 1. The number of amides is 2. The lowest BCUT2D eigenvalue weighted by molar-refractivity contribution is -0.128. The summed E-state index contributed by atoms with van der Waals surface area (Å²) in [5, 5.41) is 12.4. The number of phenols is 1. The molecule has 0 spiro atoms. The van der Waals surface area contributed by atoms with Gasteiger partial charge < -0.3 is 14.6 Å². The number of rotatable bonds is 4. The Kier molecular flexibility index (Phi) is 4.85. The second-order valence-electron chi connectivity index (χ2n) is 4.64. The highest BCUT2D eigenvalue weighted by Gasteiger charge is 2.32. The molecule has 0 bridgehead atoms.